The predicted octanol–water partition coefficient (Wildman–Crippen LogP) is 2.03. The smallest absolute Gasteiger partial charge is 0.306 e. The number of aliphatic hydroxyl groups is 1. The van der Waals surface area contributed by atoms with Crippen LogP contribution in [0.1, 0.15) is 18.9 Å². The minimum atomic E-state index is -1.51. The molecule has 0 amide bonds. The average molecular weight is 245 g/mol. The number of ether oxygens (including phenoxy) is 1. The summed E-state index contributed by atoms with van der Waals surface area (Å²) in [5.74, 6) is -0.678. The third kappa shape index (κ3) is 2.87. The Labute approximate surface area is 98.4 Å². The fraction of sp³-hybridized carbons (Fsp3) is 0.364. The van der Waals surface area contributed by atoms with Crippen LogP contribution in [0.2, 0.25) is 5.02 Å². The Bertz CT molecular complexity index is 401. The third-order valence-electron chi connectivity index (χ3n) is 2.24. The molecule has 88 valence electrons. The van der Waals surface area contributed by atoms with Crippen LogP contribution in [0.5, 0.6) is 5.75 Å². The van der Waals surface area contributed by atoms with Crippen molar-refractivity contribution >= 4 is 17.6 Å². The van der Waals surface area contributed by atoms with Gasteiger partial charge in [0.1, 0.15) is 11.4 Å². The van der Waals surface area contributed by atoms with E-state index in [9.17, 15) is 9.90 Å². The summed E-state index contributed by atoms with van der Waals surface area (Å²) in [4.78, 5) is 10.6. The molecular weight excluding hydrogens is 232 g/mol. The Hall–Kier alpha value is -1.26. The zero-order valence-corrected chi connectivity index (χ0v) is 9.78. The van der Waals surface area contributed by atoms with Gasteiger partial charge in [-0.25, -0.2) is 0 Å². The summed E-state index contributed by atoms with van der Waals surface area (Å²) >= 11 is 5.80. The van der Waals surface area contributed by atoms with Gasteiger partial charge in [-0.1, -0.05) is 11.6 Å². The Morgan fingerprint density at radius 3 is 2.69 bits per heavy atom. The molecule has 5 heteroatoms. The number of benzene rings is 1. The van der Waals surface area contributed by atoms with Crippen LogP contribution in [-0.2, 0) is 10.4 Å². The normalized spacial score (nSPS) is 14.2. The number of rotatable bonds is 4. The van der Waals surface area contributed by atoms with Crippen LogP contribution in [0.4, 0.5) is 0 Å². The van der Waals surface area contributed by atoms with E-state index in [0.717, 1.165) is 0 Å². The Kier molecular flexibility index (Phi) is 3.78. The quantitative estimate of drug-likeness (QED) is 0.851. The molecule has 0 saturated heterocycles. The number of halogens is 1. The van der Waals surface area contributed by atoms with Crippen molar-refractivity contribution in [3.8, 4) is 5.75 Å². The van der Waals surface area contributed by atoms with Gasteiger partial charge < -0.3 is 14.9 Å². The van der Waals surface area contributed by atoms with Crippen molar-refractivity contribution in [1.29, 1.82) is 0 Å². The summed E-state index contributed by atoms with van der Waals surface area (Å²) in [7, 11) is 1.45. The molecule has 1 rings (SSSR count). The molecule has 4 nitrogen and oxygen atoms in total. The fourth-order valence-electron chi connectivity index (χ4n) is 1.49. The first-order valence-corrected chi connectivity index (χ1v) is 5.03. The molecule has 0 heterocycles. The first kappa shape index (κ1) is 12.8. The lowest BCUT2D eigenvalue weighted by molar-refractivity contribution is -0.142. The molecule has 1 atom stereocenters. The molecule has 0 bridgehead atoms. The monoisotopic (exact) mass is 244 g/mol. The van der Waals surface area contributed by atoms with Gasteiger partial charge in [0.2, 0.25) is 0 Å². The lowest BCUT2D eigenvalue weighted by Gasteiger charge is -2.24. The second-order valence-electron chi connectivity index (χ2n) is 3.69. The standard InChI is InChI=1S/C11H13ClO4/c1-11(15,6-10(13)14)8-5-7(12)3-4-9(8)16-2/h3-5,15H,6H2,1-2H3,(H,13,14). The summed E-state index contributed by atoms with van der Waals surface area (Å²) < 4.78 is 5.06. The first-order chi connectivity index (χ1) is 7.36. The van der Waals surface area contributed by atoms with Gasteiger partial charge in [0, 0.05) is 10.6 Å². The first-order valence-electron chi connectivity index (χ1n) is 4.65. The molecule has 0 fully saturated rings. The number of carboxylic acids is 1. The van der Waals surface area contributed by atoms with Gasteiger partial charge in [-0.05, 0) is 25.1 Å². The van der Waals surface area contributed by atoms with E-state index in [-0.39, 0.29) is 0 Å². The van der Waals surface area contributed by atoms with Gasteiger partial charge in [0.25, 0.3) is 0 Å². The molecule has 0 saturated carbocycles. The minimum absolute atomic E-state index is 0.366. The number of methoxy groups -OCH3 is 1. The van der Waals surface area contributed by atoms with Crippen molar-refractivity contribution in [1.82, 2.24) is 0 Å². The maximum atomic E-state index is 10.6. The van der Waals surface area contributed by atoms with Crippen LogP contribution in [0.15, 0.2) is 18.2 Å². The molecule has 0 aliphatic heterocycles. The highest BCUT2D eigenvalue weighted by atomic mass is 35.5. The van der Waals surface area contributed by atoms with Gasteiger partial charge in [-0.2, -0.15) is 0 Å². The van der Waals surface area contributed by atoms with Gasteiger partial charge in [0.05, 0.1) is 13.5 Å². The van der Waals surface area contributed by atoms with E-state index >= 15 is 0 Å². The molecule has 1 aromatic carbocycles. The largest absolute Gasteiger partial charge is 0.496 e. The minimum Gasteiger partial charge on any atom is -0.496 e. The molecular formula is C11H13ClO4. The summed E-state index contributed by atoms with van der Waals surface area (Å²) in [6.45, 7) is 1.41. The van der Waals surface area contributed by atoms with Crippen molar-refractivity contribution in [3.05, 3.63) is 28.8 Å². The van der Waals surface area contributed by atoms with Gasteiger partial charge in [-0.3, -0.25) is 4.79 Å². The highest BCUT2D eigenvalue weighted by Crippen LogP contribution is 2.34. The molecule has 16 heavy (non-hydrogen) atoms. The second-order valence-corrected chi connectivity index (χ2v) is 4.13. The van der Waals surface area contributed by atoms with E-state index in [2.05, 4.69) is 0 Å². The molecule has 1 aromatic rings. The molecule has 0 aliphatic rings. The summed E-state index contributed by atoms with van der Waals surface area (Å²) in [6.07, 6.45) is -0.413. The van der Waals surface area contributed by atoms with Crippen molar-refractivity contribution in [2.75, 3.05) is 7.11 Å². The van der Waals surface area contributed by atoms with Gasteiger partial charge >= 0.3 is 5.97 Å². The fourth-order valence-corrected chi connectivity index (χ4v) is 1.66. The van der Waals surface area contributed by atoms with Gasteiger partial charge in [-0.15, -0.1) is 0 Å². The lowest BCUT2D eigenvalue weighted by Crippen LogP contribution is -2.25. The van der Waals surface area contributed by atoms with Crippen molar-refractivity contribution in [3.63, 3.8) is 0 Å². The molecule has 2 N–H and O–H groups in total. The van der Waals surface area contributed by atoms with E-state index in [1.165, 1.54) is 20.1 Å². The average Bonchev–Trinajstić information content (AvgIpc) is 2.15. The van der Waals surface area contributed by atoms with Crippen LogP contribution in [0, 0.1) is 0 Å². The van der Waals surface area contributed by atoms with Crippen LogP contribution < -0.4 is 4.74 Å². The molecule has 0 aromatic heterocycles. The molecule has 0 spiro atoms. The Balaban J connectivity index is 3.18. The highest BCUT2D eigenvalue weighted by Gasteiger charge is 2.29. The number of carbonyl (C=O) groups is 1. The number of hydrogen-bond donors (Lipinski definition) is 2. The summed E-state index contributed by atoms with van der Waals surface area (Å²) in [5.41, 5.74) is -1.15. The van der Waals surface area contributed by atoms with Crippen LogP contribution >= 0.6 is 11.6 Å². The Morgan fingerprint density at radius 1 is 1.56 bits per heavy atom. The van der Waals surface area contributed by atoms with Crippen molar-refractivity contribution in [2.45, 2.75) is 18.9 Å². The van der Waals surface area contributed by atoms with Crippen LogP contribution in [0.3, 0.4) is 0 Å². The highest BCUT2D eigenvalue weighted by molar-refractivity contribution is 6.30. The lowest BCUT2D eigenvalue weighted by atomic mass is 9.92. The third-order valence-corrected chi connectivity index (χ3v) is 2.47. The second kappa shape index (κ2) is 4.72. The zero-order chi connectivity index (χ0) is 12.3. The van der Waals surface area contributed by atoms with Crippen LogP contribution in [-0.4, -0.2) is 23.3 Å². The summed E-state index contributed by atoms with van der Waals surface area (Å²) in [5, 5.41) is 19.2. The number of carboxylic acid groups (broad SMARTS) is 1. The maximum absolute atomic E-state index is 10.6. The van der Waals surface area contributed by atoms with E-state index in [0.29, 0.717) is 16.3 Å². The SMILES string of the molecule is COc1ccc(Cl)cc1C(C)(O)CC(=O)O. The van der Waals surface area contributed by atoms with E-state index < -0.39 is 18.0 Å². The van der Waals surface area contributed by atoms with E-state index in [1.807, 2.05) is 0 Å². The van der Waals surface area contributed by atoms with Gasteiger partial charge in [0.15, 0.2) is 0 Å². The molecule has 0 aliphatic carbocycles. The topological polar surface area (TPSA) is 66.8 Å². The number of aliphatic carboxylic acids is 1. The predicted molar refractivity (Wildman–Crippen MR) is 59.8 cm³/mol. The summed E-state index contributed by atoms with van der Waals surface area (Å²) in [6, 6.07) is 4.71. The molecule has 1 unspecified atom stereocenters. The Morgan fingerprint density at radius 2 is 2.19 bits per heavy atom. The number of hydrogen-bond acceptors (Lipinski definition) is 3. The molecule has 0 radical (unpaired) electrons. The van der Waals surface area contributed by atoms with Crippen molar-refractivity contribution < 1.29 is 19.7 Å². The van der Waals surface area contributed by atoms with E-state index in [4.69, 9.17) is 21.4 Å². The zero-order valence-electron chi connectivity index (χ0n) is 9.03. The van der Waals surface area contributed by atoms with E-state index in [1.54, 1.807) is 12.1 Å². The maximum Gasteiger partial charge on any atom is 0.306 e. The van der Waals surface area contributed by atoms with Crippen molar-refractivity contribution in [2.24, 2.45) is 0 Å². The van der Waals surface area contributed by atoms with Crippen LogP contribution in [0.25, 0.3) is 0 Å².